The molecular formula is C18H17BrO4. The number of aliphatic carboxylic acids is 1. The van der Waals surface area contributed by atoms with E-state index in [0.29, 0.717) is 33.7 Å². The van der Waals surface area contributed by atoms with Gasteiger partial charge in [0.2, 0.25) is 0 Å². The first-order chi connectivity index (χ1) is 11.1. The van der Waals surface area contributed by atoms with Gasteiger partial charge in [0.15, 0.2) is 11.5 Å². The number of rotatable bonds is 6. The third-order valence-electron chi connectivity index (χ3n) is 3.17. The summed E-state index contributed by atoms with van der Waals surface area (Å²) < 4.78 is 11.6. The van der Waals surface area contributed by atoms with Crippen molar-refractivity contribution in [1.29, 1.82) is 0 Å². The van der Waals surface area contributed by atoms with Gasteiger partial charge in [-0.15, -0.1) is 0 Å². The van der Waals surface area contributed by atoms with Crippen molar-refractivity contribution in [1.82, 2.24) is 0 Å². The Labute approximate surface area is 143 Å². The highest BCUT2D eigenvalue weighted by Crippen LogP contribution is 2.37. The second-order valence-corrected chi connectivity index (χ2v) is 5.55. The predicted molar refractivity (Wildman–Crippen MR) is 93.8 cm³/mol. The van der Waals surface area contributed by atoms with Crippen molar-refractivity contribution in [2.75, 3.05) is 13.7 Å². The second kappa shape index (κ2) is 7.83. The fourth-order valence-electron chi connectivity index (χ4n) is 2.16. The summed E-state index contributed by atoms with van der Waals surface area (Å²) in [4.78, 5) is 11.6. The molecule has 0 aliphatic rings. The molecule has 0 bridgehead atoms. The van der Waals surface area contributed by atoms with Gasteiger partial charge in [-0.25, -0.2) is 4.79 Å². The first kappa shape index (κ1) is 17.1. The fraction of sp³-hybridized carbons (Fsp3) is 0.167. The highest BCUT2D eigenvalue weighted by atomic mass is 79.9. The van der Waals surface area contributed by atoms with Crippen LogP contribution in [0, 0.1) is 0 Å². The molecule has 1 N–H and O–H groups in total. The van der Waals surface area contributed by atoms with Crippen molar-refractivity contribution in [3.63, 3.8) is 0 Å². The number of halogens is 1. The molecule has 0 spiro atoms. The summed E-state index contributed by atoms with van der Waals surface area (Å²) in [5.74, 6) is 0.161. The summed E-state index contributed by atoms with van der Waals surface area (Å²) in [6, 6.07) is 12.5. The molecule has 4 nitrogen and oxygen atoms in total. The topological polar surface area (TPSA) is 55.8 Å². The Hall–Kier alpha value is -2.27. The minimum atomic E-state index is -0.986. The number of hydrogen-bond acceptors (Lipinski definition) is 3. The maximum absolute atomic E-state index is 11.6. The zero-order chi connectivity index (χ0) is 16.8. The van der Waals surface area contributed by atoms with Gasteiger partial charge >= 0.3 is 5.97 Å². The van der Waals surface area contributed by atoms with E-state index in [9.17, 15) is 9.90 Å². The van der Waals surface area contributed by atoms with Crippen LogP contribution in [-0.4, -0.2) is 24.8 Å². The summed E-state index contributed by atoms with van der Waals surface area (Å²) >= 11 is 3.44. The lowest BCUT2D eigenvalue weighted by Gasteiger charge is -2.12. The van der Waals surface area contributed by atoms with Crippen LogP contribution in [0.1, 0.15) is 18.1 Å². The maximum Gasteiger partial charge on any atom is 0.336 e. The molecule has 0 radical (unpaired) electrons. The van der Waals surface area contributed by atoms with Crippen LogP contribution >= 0.6 is 15.9 Å². The number of carboxylic acid groups (broad SMARTS) is 1. The first-order valence-electron chi connectivity index (χ1n) is 7.07. The molecule has 0 aliphatic carbocycles. The summed E-state index contributed by atoms with van der Waals surface area (Å²) in [7, 11) is 1.55. The normalized spacial score (nSPS) is 11.2. The summed E-state index contributed by atoms with van der Waals surface area (Å²) in [6.45, 7) is 2.40. The van der Waals surface area contributed by atoms with Crippen molar-refractivity contribution >= 4 is 33.5 Å². The van der Waals surface area contributed by atoms with Crippen LogP contribution in [0.3, 0.4) is 0 Å². The van der Waals surface area contributed by atoms with Crippen LogP contribution in [0.2, 0.25) is 0 Å². The quantitative estimate of drug-likeness (QED) is 0.596. The molecule has 0 saturated carbocycles. The van der Waals surface area contributed by atoms with Gasteiger partial charge < -0.3 is 14.6 Å². The number of hydrogen-bond donors (Lipinski definition) is 1. The lowest BCUT2D eigenvalue weighted by atomic mass is 10.0. The monoisotopic (exact) mass is 376 g/mol. The Morgan fingerprint density at radius 3 is 2.52 bits per heavy atom. The summed E-state index contributed by atoms with van der Waals surface area (Å²) in [5.41, 5.74) is 1.56. The van der Waals surface area contributed by atoms with Gasteiger partial charge in [0.1, 0.15) is 0 Å². The van der Waals surface area contributed by atoms with Gasteiger partial charge in [0.05, 0.1) is 23.8 Å². The van der Waals surface area contributed by atoms with Crippen LogP contribution in [0.5, 0.6) is 11.5 Å². The minimum absolute atomic E-state index is 0.212. The highest BCUT2D eigenvalue weighted by molar-refractivity contribution is 9.10. The standard InChI is InChI=1S/C18H17BrO4/c1-3-23-17-15(19)10-12(11-16(17)22-2)9-14(18(20)21)13-7-5-4-6-8-13/h4-11H,3H2,1-2H3,(H,20,21)/b14-9+. The molecule has 23 heavy (non-hydrogen) atoms. The molecule has 0 amide bonds. The number of methoxy groups -OCH3 is 1. The number of carboxylic acids is 1. The Bertz CT molecular complexity index is 723. The van der Waals surface area contributed by atoms with Gasteiger partial charge in [-0.1, -0.05) is 30.3 Å². The van der Waals surface area contributed by atoms with Crippen LogP contribution in [-0.2, 0) is 4.79 Å². The van der Waals surface area contributed by atoms with E-state index in [2.05, 4.69) is 15.9 Å². The Balaban J connectivity index is 2.52. The zero-order valence-corrected chi connectivity index (χ0v) is 14.5. The van der Waals surface area contributed by atoms with E-state index < -0.39 is 5.97 Å². The third kappa shape index (κ3) is 4.13. The maximum atomic E-state index is 11.6. The average molecular weight is 377 g/mol. The van der Waals surface area contributed by atoms with E-state index in [4.69, 9.17) is 9.47 Å². The molecule has 0 aliphatic heterocycles. The number of carbonyl (C=O) groups is 1. The van der Waals surface area contributed by atoms with E-state index >= 15 is 0 Å². The molecule has 0 atom stereocenters. The zero-order valence-electron chi connectivity index (χ0n) is 12.9. The van der Waals surface area contributed by atoms with Crippen molar-refractivity contribution < 1.29 is 19.4 Å². The van der Waals surface area contributed by atoms with Gasteiger partial charge in [-0.3, -0.25) is 0 Å². The van der Waals surface area contributed by atoms with Crippen molar-refractivity contribution in [2.45, 2.75) is 6.92 Å². The average Bonchev–Trinajstić information content (AvgIpc) is 2.55. The molecule has 0 aromatic heterocycles. The first-order valence-corrected chi connectivity index (χ1v) is 7.86. The molecular weight excluding hydrogens is 360 g/mol. The predicted octanol–water partition coefficient (Wildman–Crippen LogP) is 4.48. The highest BCUT2D eigenvalue weighted by Gasteiger charge is 2.14. The lowest BCUT2D eigenvalue weighted by molar-refractivity contribution is -0.130. The SMILES string of the molecule is CCOc1c(Br)cc(/C=C(/C(=O)O)c2ccccc2)cc1OC. The molecule has 2 aromatic rings. The fourth-order valence-corrected chi connectivity index (χ4v) is 2.73. The van der Waals surface area contributed by atoms with Gasteiger partial charge in [0.25, 0.3) is 0 Å². The van der Waals surface area contributed by atoms with Crippen molar-refractivity contribution in [3.05, 3.63) is 58.1 Å². The number of ether oxygens (including phenoxy) is 2. The van der Waals surface area contributed by atoms with Crippen molar-refractivity contribution in [3.8, 4) is 11.5 Å². The largest absolute Gasteiger partial charge is 0.493 e. The Morgan fingerprint density at radius 2 is 1.96 bits per heavy atom. The minimum Gasteiger partial charge on any atom is -0.493 e. The Kier molecular flexibility index (Phi) is 5.82. The Morgan fingerprint density at radius 1 is 1.26 bits per heavy atom. The van der Waals surface area contributed by atoms with E-state index in [0.717, 1.165) is 0 Å². The van der Waals surface area contributed by atoms with E-state index in [1.54, 1.807) is 49.6 Å². The van der Waals surface area contributed by atoms with Crippen molar-refractivity contribution in [2.24, 2.45) is 0 Å². The number of benzene rings is 2. The van der Waals surface area contributed by atoms with Gasteiger partial charge in [0, 0.05) is 0 Å². The molecule has 2 aromatic carbocycles. The van der Waals surface area contributed by atoms with Crippen LogP contribution in [0.15, 0.2) is 46.9 Å². The summed E-state index contributed by atoms with van der Waals surface area (Å²) in [5, 5.41) is 9.49. The van der Waals surface area contributed by atoms with E-state index in [1.165, 1.54) is 0 Å². The molecule has 0 unspecified atom stereocenters. The summed E-state index contributed by atoms with van der Waals surface area (Å²) in [6.07, 6.45) is 1.61. The van der Waals surface area contributed by atoms with Crippen LogP contribution in [0.25, 0.3) is 11.6 Å². The molecule has 2 rings (SSSR count). The van der Waals surface area contributed by atoms with Crippen LogP contribution in [0.4, 0.5) is 0 Å². The third-order valence-corrected chi connectivity index (χ3v) is 3.76. The smallest absolute Gasteiger partial charge is 0.336 e. The molecule has 0 saturated heterocycles. The molecule has 0 fully saturated rings. The van der Waals surface area contributed by atoms with E-state index in [-0.39, 0.29) is 5.57 Å². The molecule has 0 heterocycles. The van der Waals surface area contributed by atoms with Gasteiger partial charge in [-0.2, -0.15) is 0 Å². The molecule has 120 valence electrons. The van der Waals surface area contributed by atoms with Gasteiger partial charge in [-0.05, 0) is 52.2 Å². The van der Waals surface area contributed by atoms with Crippen LogP contribution < -0.4 is 9.47 Å². The lowest BCUT2D eigenvalue weighted by Crippen LogP contribution is -2.00. The molecule has 5 heteroatoms. The second-order valence-electron chi connectivity index (χ2n) is 4.70. The van der Waals surface area contributed by atoms with E-state index in [1.807, 2.05) is 13.0 Å².